The van der Waals surface area contributed by atoms with Crippen molar-refractivity contribution in [3.05, 3.63) is 88.0 Å². The number of aryl methyl sites for hydroxylation is 2. The number of rotatable bonds is 13. The lowest BCUT2D eigenvalue weighted by Gasteiger charge is -2.28. The molecule has 0 radical (unpaired) electrons. The molecule has 2 fully saturated rings. The Labute approximate surface area is 303 Å². The molecule has 0 unspecified atom stereocenters. The summed E-state index contributed by atoms with van der Waals surface area (Å²) in [5.41, 5.74) is 5.90. The predicted octanol–water partition coefficient (Wildman–Crippen LogP) is 13.1. The van der Waals surface area contributed by atoms with Crippen molar-refractivity contribution in [1.29, 1.82) is 0 Å². The van der Waals surface area contributed by atoms with Gasteiger partial charge in [-0.15, -0.1) is 0 Å². The smallest absolute Gasteiger partial charge is 0.227 e. The van der Waals surface area contributed by atoms with Gasteiger partial charge in [-0.3, -0.25) is 0 Å². The summed E-state index contributed by atoms with van der Waals surface area (Å²) in [6.45, 7) is 15.8. The largest absolute Gasteiger partial charge is 0.324 e. The molecule has 270 valence electrons. The molecular weight excluding hydrogens is 627 g/mol. The van der Waals surface area contributed by atoms with Crippen LogP contribution in [0.25, 0.3) is 5.57 Å². The van der Waals surface area contributed by atoms with Crippen LogP contribution in [-0.4, -0.2) is 34.0 Å². The second-order valence-corrected chi connectivity index (χ2v) is 14.4. The molecule has 2 aromatic carbocycles. The summed E-state index contributed by atoms with van der Waals surface area (Å²) >= 11 is 5.91. The molecule has 1 aromatic heterocycles. The maximum atomic E-state index is 13.5. The molecule has 2 aliphatic rings. The fraction of sp³-hybridized carbons (Fsp3) is 0.581. The van der Waals surface area contributed by atoms with Gasteiger partial charge in [0, 0.05) is 28.5 Å². The van der Waals surface area contributed by atoms with Gasteiger partial charge < -0.3 is 10.2 Å². The van der Waals surface area contributed by atoms with Crippen LogP contribution in [0.15, 0.2) is 54.7 Å². The number of benzene rings is 2. The highest BCUT2D eigenvalue weighted by atomic mass is 35.5. The first kappa shape index (κ1) is 40.7. The van der Waals surface area contributed by atoms with Gasteiger partial charge >= 0.3 is 0 Å². The van der Waals surface area contributed by atoms with E-state index in [9.17, 15) is 4.39 Å². The molecule has 49 heavy (non-hydrogen) atoms. The SMILES string of the molecule is CC/C=C(/c1ccc(CC)cc1)c1cnc(Nc2cc(F)cc(Cl)c2)nc1C.CC1CCCCC1.CCCCCN(CCC)C1CCCC1. The number of allylic oxidation sites excluding steroid dienone is 1. The second-order valence-electron chi connectivity index (χ2n) is 14.0. The number of aromatic nitrogens is 2. The van der Waals surface area contributed by atoms with Gasteiger partial charge in [0.05, 0.1) is 5.69 Å². The molecule has 4 nitrogen and oxygen atoms in total. The van der Waals surface area contributed by atoms with Crippen molar-refractivity contribution >= 4 is 28.8 Å². The summed E-state index contributed by atoms with van der Waals surface area (Å²) in [7, 11) is 0. The van der Waals surface area contributed by atoms with Crippen LogP contribution in [0.3, 0.4) is 0 Å². The van der Waals surface area contributed by atoms with Crippen molar-refractivity contribution in [2.24, 2.45) is 5.92 Å². The van der Waals surface area contributed by atoms with Gasteiger partial charge in [-0.25, -0.2) is 14.4 Å². The zero-order chi connectivity index (χ0) is 35.4. The van der Waals surface area contributed by atoms with Crippen molar-refractivity contribution in [2.45, 2.75) is 144 Å². The van der Waals surface area contributed by atoms with Crippen LogP contribution in [0.5, 0.6) is 0 Å². The Morgan fingerprint density at radius 3 is 2.14 bits per heavy atom. The first-order valence-corrected chi connectivity index (χ1v) is 19.8. The van der Waals surface area contributed by atoms with Crippen molar-refractivity contribution in [1.82, 2.24) is 14.9 Å². The van der Waals surface area contributed by atoms with E-state index in [1.54, 1.807) is 12.3 Å². The molecule has 0 bridgehead atoms. The molecule has 0 amide bonds. The number of unbranched alkanes of at least 4 members (excludes halogenated alkanes) is 2. The third-order valence-corrected chi connectivity index (χ3v) is 9.98. The maximum Gasteiger partial charge on any atom is 0.227 e. The zero-order valence-electron chi connectivity index (χ0n) is 31.5. The minimum atomic E-state index is -0.410. The van der Waals surface area contributed by atoms with E-state index in [-0.39, 0.29) is 0 Å². The van der Waals surface area contributed by atoms with Crippen LogP contribution >= 0.6 is 11.6 Å². The van der Waals surface area contributed by atoms with Crippen LogP contribution in [-0.2, 0) is 6.42 Å². The lowest BCUT2D eigenvalue weighted by Crippen LogP contribution is -2.34. The van der Waals surface area contributed by atoms with Crippen LogP contribution < -0.4 is 5.32 Å². The third kappa shape index (κ3) is 14.6. The van der Waals surface area contributed by atoms with Crippen molar-refractivity contribution < 1.29 is 4.39 Å². The molecule has 3 aromatic rings. The second kappa shape index (κ2) is 22.9. The molecule has 0 saturated heterocycles. The first-order valence-electron chi connectivity index (χ1n) is 19.4. The standard InChI is InChI=1S/C23H23ClFN3.C13H27N.C7H14/c1-4-6-21(17-9-7-16(5-2)8-10-17)22-14-26-23(27-15(22)3)28-20-12-18(24)11-19(25)13-20;1-3-5-8-12-14(11-4-2)13-9-6-7-10-13;1-7-5-3-2-4-6-7/h6-14H,4-5H2,1-3H3,(H,26,27,28);13H,3-12H2,1-2H3;7H,2-6H2,1H3/b21-6-;;. The Balaban J connectivity index is 0.000000254. The van der Waals surface area contributed by atoms with Gasteiger partial charge in [-0.2, -0.15) is 0 Å². The van der Waals surface area contributed by atoms with E-state index < -0.39 is 5.82 Å². The van der Waals surface area contributed by atoms with Gasteiger partial charge in [0.15, 0.2) is 0 Å². The fourth-order valence-electron chi connectivity index (χ4n) is 6.96. The summed E-state index contributed by atoms with van der Waals surface area (Å²) < 4.78 is 13.5. The molecule has 0 spiro atoms. The highest BCUT2D eigenvalue weighted by Gasteiger charge is 2.21. The fourth-order valence-corrected chi connectivity index (χ4v) is 7.18. The summed E-state index contributed by atoms with van der Waals surface area (Å²) in [5, 5.41) is 3.33. The molecule has 2 aliphatic carbocycles. The quantitative estimate of drug-likeness (QED) is 0.181. The number of nitrogens with zero attached hydrogens (tertiary/aromatic N) is 3. The van der Waals surface area contributed by atoms with Gasteiger partial charge in [0.1, 0.15) is 5.82 Å². The summed E-state index contributed by atoms with van der Waals surface area (Å²) in [5.74, 6) is 1.03. The number of hydrogen-bond acceptors (Lipinski definition) is 4. The van der Waals surface area contributed by atoms with Crippen LogP contribution in [0.1, 0.15) is 147 Å². The van der Waals surface area contributed by atoms with E-state index in [0.717, 1.165) is 47.2 Å². The van der Waals surface area contributed by atoms with Crippen molar-refractivity contribution in [3.8, 4) is 0 Å². The van der Waals surface area contributed by atoms with Gasteiger partial charge in [-0.1, -0.05) is 134 Å². The number of anilines is 2. The van der Waals surface area contributed by atoms with E-state index in [1.165, 1.54) is 114 Å². The molecule has 1 N–H and O–H groups in total. The Kier molecular flexibility index (Phi) is 19.0. The number of hydrogen-bond donors (Lipinski definition) is 1. The Bertz CT molecular complexity index is 1360. The van der Waals surface area contributed by atoms with Gasteiger partial charge in [0.25, 0.3) is 0 Å². The van der Waals surface area contributed by atoms with Crippen LogP contribution in [0, 0.1) is 18.7 Å². The molecule has 6 heteroatoms. The highest BCUT2D eigenvalue weighted by molar-refractivity contribution is 6.30. The van der Waals surface area contributed by atoms with Crippen molar-refractivity contribution in [3.63, 3.8) is 0 Å². The summed E-state index contributed by atoms with van der Waals surface area (Å²) in [6.07, 6.45) is 24.7. The van der Waals surface area contributed by atoms with E-state index >= 15 is 0 Å². The Hall–Kier alpha value is -2.76. The molecule has 0 atom stereocenters. The third-order valence-electron chi connectivity index (χ3n) is 9.76. The first-order chi connectivity index (χ1) is 23.8. The average Bonchev–Trinajstić information content (AvgIpc) is 3.63. The molecule has 1 heterocycles. The topological polar surface area (TPSA) is 41.1 Å². The van der Waals surface area contributed by atoms with E-state index in [2.05, 4.69) is 85.1 Å². The Morgan fingerprint density at radius 1 is 0.898 bits per heavy atom. The number of halogens is 2. The number of nitrogens with one attached hydrogen (secondary N) is 1. The van der Waals surface area contributed by atoms with Crippen LogP contribution in [0.4, 0.5) is 16.0 Å². The van der Waals surface area contributed by atoms with Crippen LogP contribution in [0.2, 0.25) is 5.02 Å². The van der Waals surface area contributed by atoms with Crippen molar-refractivity contribution in [2.75, 3.05) is 18.4 Å². The van der Waals surface area contributed by atoms with Gasteiger partial charge in [0.2, 0.25) is 5.95 Å². The molecular formula is C43H64ClFN4. The van der Waals surface area contributed by atoms with E-state index in [4.69, 9.17) is 11.6 Å². The molecule has 0 aliphatic heterocycles. The van der Waals surface area contributed by atoms with Gasteiger partial charge in [-0.05, 0) is 99.4 Å². The minimum absolute atomic E-state index is 0.319. The van der Waals surface area contributed by atoms with E-state index in [0.29, 0.717) is 16.7 Å². The summed E-state index contributed by atoms with van der Waals surface area (Å²) in [4.78, 5) is 11.7. The summed E-state index contributed by atoms with van der Waals surface area (Å²) in [6, 6.07) is 13.8. The zero-order valence-corrected chi connectivity index (χ0v) is 32.2. The normalized spacial score (nSPS) is 15.4. The predicted molar refractivity (Wildman–Crippen MR) is 211 cm³/mol. The average molecular weight is 691 g/mol. The lowest BCUT2D eigenvalue weighted by atomic mass is 9.91. The molecule has 5 rings (SSSR count). The maximum absolute atomic E-state index is 13.5. The Morgan fingerprint density at radius 2 is 1.59 bits per heavy atom. The highest BCUT2D eigenvalue weighted by Crippen LogP contribution is 2.28. The molecule has 2 saturated carbocycles. The minimum Gasteiger partial charge on any atom is -0.324 e. The monoisotopic (exact) mass is 690 g/mol. The van der Waals surface area contributed by atoms with E-state index in [1.807, 2.05) is 6.92 Å². The lowest BCUT2D eigenvalue weighted by molar-refractivity contribution is 0.195.